The zero-order valence-corrected chi connectivity index (χ0v) is 84.4. The Balaban J connectivity index is 1.26. The number of carboxylic acids is 3. The van der Waals surface area contributed by atoms with Crippen molar-refractivity contribution in [2.24, 2.45) is 5.92 Å². The van der Waals surface area contributed by atoms with Gasteiger partial charge in [0.1, 0.15) is 122 Å². The van der Waals surface area contributed by atoms with E-state index in [0.717, 1.165) is 111 Å². The van der Waals surface area contributed by atoms with Crippen molar-refractivity contribution in [1.29, 1.82) is 0 Å². The number of carbonyl (C=O) groups excluding carboxylic acids is 5. The number of nitrogens with one attached hydrogen (secondary N) is 4. The maximum absolute atomic E-state index is 14.5. The quantitative estimate of drug-likeness (QED) is 0.0274. The highest BCUT2D eigenvalue weighted by molar-refractivity contribution is 5.79. The summed E-state index contributed by atoms with van der Waals surface area (Å²) in [5.74, 6) is -23.5. The Kier molecular flexibility index (Phi) is 58.0. The Hall–Kier alpha value is -5.54. The van der Waals surface area contributed by atoms with Crippen molar-refractivity contribution in [1.82, 2.24) is 21.3 Å². The lowest BCUT2D eigenvalue weighted by Crippen LogP contribution is -2.72. The number of aliphatic carboxylic acids is 3. The number of aliphatic hydroxyl groups excluding tert-OH is 19. The van der Waals surface area contributed by atoms with Crippen molar-refractivity contribution < 1.29 is 208 Å². The van der Waals surface area contributed by atoms with Gasteiger partial charge in [-0.15, -0.1) is 0 Å². The van der Waals surface area contributed by atoms with Gasteiger partial charge in [-0.3, -0.25) is 19.2 Å². The number of allylic oxidation sites excluding steroid dienone is 2. The van der Waals surface area contributed by atoms with Crippen LogP contribution in [0.25, 0.3) is 0 Å². The monoisotopic (exact) mass is 2080 g/mol. The van der Waals surface area contributed by atoms with Gasteiger partial charge in [-0.2, -0.15) is 0 Å². The number of hydrogen-bond donors (Lipinski definition) is 26. The third kappa shape index (κ3) is 38.7. The summed E-state index contributed by atoms with van der Waals surface area (Å²) >= 11 is 0. The van der Waals surface area contributed by atoms with Crippen LogP contribution >= 0.6 is 0 Å². The number of aliphatic hydroxyl groups is 19. The Morgan fingerprint density at radius 3 is 1.15 bits per heavy atom. The van der Waals surface area contributed by atoms with Crippen molar-refractivity contribution in [3.05, 3.63) is 12.2 Å². The second-order valence-electron chi connectivity index (χ2n) is 39.6. The second-order valence-corrected chi connectivity index (χ2v) is 39.6. The summed E-state index contributed by atoms with van der Waals surface area (Å²) in [4.78, 5) is 107. The average molecular weight is 2080 g/mol. The molecule has 0 aromatic carbocycles. The first-order chi connectivity index (χ1) is 68.6. The Bertz CT molecular complexity index is 3720. The number of carboxylic acid groups (broad SMARTS) is 3. The molecule has 46 nitrogen and oxygen atoms in total. The SMILES string of the molecule is CCCCCCCCC=CCCCCCCCCCCCCCCCC(=O)NC(COC1OC(CO)C(OC2OC(CO)C(OC3OC(CO)C(O)C(O)C3CC(C)=O)C(OC3(C(=O)O)CC(O)C(NC(C)=O)C(C(O)C(CO)OC4(C(=O)O)CC(O)C(NC(C)=O)C(C(O)C(CO)OC5(C(=O)O)CC(O)C(NC(C)=O)C(C(O)C(O)CO)O5)O4)O3)C2O)C(O)C1O)C(O)CCCCCCCCCCCCCCC. The summed E-state index contributed by atoms with van der Waals surface area (Å²) in [5, 5.41) is 262. The molecule has 4 amide bonds. The number of rotatable bonds is 72. The maximum Gasteiger partial charge on any atom is 0.364 e. The minimum Gasteiger partial charge on any atom is -0.477 e. The largest absolute Gasteiger partial charge is 0.477 e. The Morgan fingerprint density at radius 1 is 0.389 bits per heavy atom. The minimum atomic E-state index is -3.71. The molecular weight excluding hydrogens is 1910 g/mol. The highest BCUT2D eigenvalue weighted by atomic mass is 16.8. The topological polar surface area (TPSA) is 741 Å². The fourth-order valence-electron chi connectivity index (χ4n) is 19.7. The van der Waals surface area contributed by atoms with Gasteiger partial charge in [0.2, 0.25) is 23.6 Å². The van der Waals surface area contributed by atoms with E-state index in [1.807, 2.05) is 0 Å². The van der Waals surface area contributed by atoms with E-state index in [1.165, 1.54) is 122 Å². The molecule has 836 valence electrons. The van der Waals surface area contributed by atoms with Gasteiger partial charge in [0, 0.05) is 58.8 Å². The van der Waals surface area contributed by atoms with Gasteiger partial charge in [0.25, 0.3) is 17.4 Å². The lowest BCUT2D eigenvalue weighted by Gasteiger charge is -2.53. The number of ketones is 1. The predicted molar refractivity (Wildman–Crippen MR) is 507 cm³/mol. The van der Waals surface area contributed by atoms with E-state index in [2.05, 4.69) is 47.3 Å². The van der Waals surface area contributed by atoms with E-state index < -0.39 is 332 Å². The molecule has 6 fully saturated rings. The summed E-state index contributed by atoms with van der Waals surface area (Å²) in [5.41, 5.74) is 0. The molecule has 0 aliphatic carbocycles. The molecule has 0 radical (unpaired) electrons. The van der Waals surface area contributed by atoms with Gasteiger partial charge in [-0.1, -0.05) is 212 Å². The third-order valence-corrected chi connectivity index (χ3v) is 27.8. The van der Waals surface area contributed by atoms with Crippen LogP contribution in [0.3, 0.4) is 0 Å². The number of ether oxygens (including phenoxy) is 12. The van der Waals surface area contributed by atoms with E-state index in [1.54, 1.807) is 0 Å². The van der Waals surface area contributed by atoms with Crippen molar-refractivity contribution in [2.45, 2.75) is 505 Å². The number of amides is 4. The van der Waals surface area contributed by atoms with Crippen molar-refractivity contribution in [3.8, 4) is 0 Å². The normalized spacial score (nSPS) is 32.8. The van der Waals surface area contributed by atoms with Crippen molar-refractivity contribution in [3.63, 3.8) is 0 Å². The lowest BCUT2D eigenvalue weighted by molar-refractivity contribution is -0.404. The van der Waals surface area contributed by atoms with Gasteiger partial charge in [-0.25, -0.2) is 14.4 Å². The molecule has 6 aliphatic rings. The van der Waals surface area contributed by atoms with Gasteiger partial charge in [0.05, 0.1) is 101 Å². The first-order valence-corrected chi connectivity index (χ1v) is 52.0. The van der Waals surface area contributed by atoms with Gasteiger partial charge in [-0.05, 0) is 45.4 Å². The Morgan fingerprint density at radius 2 is 0.757 bits per heavy atom. The molecule has 0 bridgehead atoms. The van der Waals surface area contributed by atoms with E-state index in [0.29, 0.717) is 12.8 Å². The molecule has 144 heavy (non-hydrogen) atoms. The van der Waals surface area contributed by atoms with E-state index >= 15 is 0 Å². The lowest BCUT2D eigenvalue weighted by atomic mass is 9.86. The molecule has 0 aromatic heterocycles. The van der Waals surface area contributed by atoms with Crippen molar-refractivity contribution >= 4 is 47.3 Å². The van der Waals surface area contributed by atoms with Gasteiger partial charge >= 0.3 is 17.9 Å². The first kappa shape index (κ1) is 127. The molecule has 35 unspecified atom stereocenters. The summed E-state index contributed by atoms with van der Waals surface area (Å²) < 4.78 is 72.2. The van der Waals surface area contributed by atoms with Crippen LogP contribution in [0.5, 0.6) is 0 Å². The Labute approximate surface area is 842 Å². The minimum absolute atomic E-state index is 0.104. The van der Waals surface area contributed by atoms with E-state index in [9.17, 15) is 151 Å². The average Bonchev–Trinajstić information content (AvgIpc) is 0.744. The number of hydrogen-bond acceptors (Lipinski definition) is 39. The molecular formula is C98H172N4O42. The summed E-state index contributed by atoms with van der Waals surface area (Å²) in [6, 6.07) is -7.20. The zero-order valence-electron chi connectivity index (χ0n) is 84.4. The van der Waals surface area contributed by atoms with Crippen molar-refractivity contribution in [2.75, 3.05) is 46.2 Å². The number of carbonyl (C=O) groups is 8. The van der Waals surface area contributed by atoms with E-state index in [-0.39, 0.29) is 12.8 Å². The maximum atomic E-state index is 14.5. The zero-order chi connectivity index (χ0) is 107. The van der Waals surface area contributed by atoms with Crippen LogP contribution in [0.2, 0.25) is 0 Å². The van der Waals surface area contributed by atoms with Crippen LogP contribution in [-0.2, 0) is 95.2 Å². The molecule has 35 atom stereocenters. The van der Waals surface area contributed by atoms with Crippen LogP contribution in [0.4, 0.5) is 0 Å². The fourth-order valence-corrected chi connectivity index (χ4v) is 19.7. The van der Waals surface area contributed by atoms with Gasteiger partial charge < -0.3 is 195 Å². The molecule has 46 heteroatoms. The molecule has 6 aliphatic heterocycles. The highest BCUT2D eigenvalue weighted by Gasteiger charge is 2.65. The van der Waals surface area contributed by atoms with Crippen LogP contribution < -0.4 is 21.3 Å². The van der Waals surface area contributed by atoms with E-state index in [4.69, 9.17) is 56.8 Å². The van der Waals surface area contributed by atoms with Crippen LogP contribution in [0.1, 0.15) is 298 Å². The highest BCUT2D eigenvalue weighted by Crippen LogP contribution is 2.45. The second kappa shape index (κ2) is 65.6. The van der Waals surface area contributed by atoms with Crippen LogP contribution in [-0.4, -0.2) is 413 Å². The molecule has 6 saturated heterocycles. The molecule has 0 aromatic rings. The molecule has 0 saturated carbocycles. The molecule has 6 rings (SSSR count). The summed E-state index contributed by atoms with van der Waals surface area (Å²) in [6.07, 6.45) is -23.6. The van der Waals surface area contributed by atoms with Gasteiger partial charge in [0.15, 0.2) is 18.9 Å². The smallest absolute Gasteiger partial charge is 0.364 e. The summed E-state index contributed by atoms with van der Waals surface area (Å²) in [7, 11) is 0. The number of Topliss-reactive ketones (excluding diaryl/α,β-unsaturated/α-hetero) is 1. The third-order valence-electron chi connectivity index (χ3n) is 27.8. The first-order valence-electron chi connectivity index (χ1n) is 52.0. The number of unbranched alkanes of at least 4 members (excludes halogenated alkanes) is 31. The molecule has 26 N–H and O–H groups in total. The molecule has 0 spiro atoms. The van der Waals surface area contributed by atoms with Crippen LogP contribution in [0.15, 0.2) is 12.2 Å². The fraction of sp³-hybridized carbons (Fsp3) is 0.898. The summed E-state index contributed by atoms with van der Waals surface area (Å²) in [6.45, 7) is -0.482. The van der Waals surface area contributed by atoms with Crippen LogP contribution in [0, 0.1) is 5.92 Å². The molecule has 6 heterocycles. The predicted octanol–water partition coefficient (Wildman–Crippen LogP) is -0.308. The standard InChI is InChI=1S/C98H172N4O42/c1-7-9-11-13-15-17-19-21-22-23-24-25-26-27-28-29-30-32-34-36-38-40-42-44-72(118)102-61(62(113)43-41-39-37-35-33-31-20-18-16-14-12-10-8-2)55-133-91-82(125)81(124)84(70(53-107)135-91)137-92-83(126)89(85(71(54-108)136-92)138-90-60(45-56(3)109)76(119)78(121)67(50-104)134-90)144-98(95(131)132)48-65(116)75(101-59(6)112)88(143-98)80(123)69(52-106)140-97(94(129)130)47-64(115)74(100-58(5)111)87(142-97)79(122)68(51-105)139-96(93(127)128)46-63(114)73(99-57(4)110)86(141-96)77(120)66(117)49-103/h21-22,60-71,73-92,103-108,113-117,119-126H,7-20,23-55H2,1-6H3,(H,99,110)(H,100,111)(H,101,112)(H,102,118)(H,127,128)(H,129,130)(H,131,132).